The van der Waals surface area contributed by atoms with Gasteiger partial charge in [0, 0.05) is 4.88 Å². The monoisotopic (exact) mass is 288 g/mol. The van der Waals surface area contributed by atoms with Crippen LogP contribution in [0.1, 0.15) is 35.1 Å². The van der Waals surface area contributed by atoms with Crippen LogP contribution in [0.2, 0.25) is 0 Å². The maximum atomic E-state index is 5.55. The molecule has 0 fully saturated rings. The van der Waals surface area contributed by atoms with Crippen LogP contribution in [0.25, 0.3) is 10.2 Å². The Labute approximate surface area is 121 Å². The molecule has 0 saturated carbocycles. The summed E-state index contributed by atoms with van der Waals surface area (Å²) in [4.78, 5) is 15.2. The third-order valence-electron chi connectivity index (χ3n) is 3.33. The number of oxazole rings is 1. The van der Waals surface area contributed by atoms with Gasteiger partial charge in [-0.1, -0.05) is 0 Å². The fourth-order valence-corrected chi connectivity index (χ4v) is 3.13. The highest BCUT2D eigenvalue weighted by molar-refractivity contribution is 7.18. The van der Waals surface area contributed by atoms with Crippen LogP contribution in [-0.4, -0.2) is 15.0 Å². The zero-order valence-electron chi connectivity index (χ0n) is 11.9. The van der Waals surface area contributed by atoms with E-state index in [0.29, 0.717) is 5.89 Å². The highest BCUT2D eigenvalue weighted by Gasteiger charge is 2.16. The first-order valence-corrected chi connectivity index (χ1v) is 7.27. The van der Waals surface area contributed by atoms with Crippen LogP contribution >= 0.6 is 11.3 Å². The molecular formula is C14H16N4OS. The fraction of sp³-hybridized carbons (Fsp3) is 0.357. The molecule has 3 aromatic rings. The lowest BCUT2D eigenvalue weighted by atomic mass is 10.2. The average molecular weight is 288 g/mol. The number of aryl methyl sites for hydroxylation is 3. The van der Waals surface area contributed by atoms with Gasteiger partial charge in [0.2, 0.25) is 5.89 Å². The van der Waals surface area contributed by atoms with Gasteiger partial charge in [0.15, 0.2) is 0 Å². The Bertz CT molecular complexity index is 762. The maximum absolute atomic E-state index is 5.55. The molecule has 0 aliphatic rings. The second-order valence-corrected chi connectivity index (χ2v) is 6.06. The van der Waals surface area contributed by atoms with Crippen molar-refractivity contribution in [2.45, 2.75) is 33.7 Å². The standard InChI is InChI=1S/C14H16N4OS/c1-7-5-15-13(19-7)9(3)18-12-11-8(2)10(4)20-14(11)17-6-16-12/h5-6,9H,1-4H3,(H,16,17,18). The summed E-state index contributed by atoms with van der Waals surface area (Å²) in [6.45, 7) is 8.10. The van der Waals surface area contributed by atoms with Crippen molar-refractivity contribution >= 4 is 27.4 Å². The normalized spacial score (nSPS) is 12.8. The van der Waals surface area contributed by atoms with Crippen LogP contribution in [0.4, 0.5) is 5.82 Å². The summed E-state index contributed by atoms with van der Waals surface area (Å²) in [5.41, 5.74) is 1.23. The Morgan fingerprint density at radius 2 is 2.00 bits per heavy atom. The second kappa shape index (κ2) is 4.86. The lowest BCUT2D eigenvalue weighted by Crippen LogP contribution is -2.08. The van der Waals surface area contributed by atoms with E-state index in [1.165, 1.54) is 10.4 Å². The smallest absolute Gasteiger partial charge is 0.216 e. The summed E-state index contributed by atoms with van der Waals surface area (Å²) in [5.74, 6) is 2.31. The van der Waals surface area contributed by atoms with Crippen molar-refractivity contribution in [1.29, 1.82) is 0 Å². The predicted octanol–water partition coefficient (Wildman–Crippen LogP) is 3.78. The van der Waals surface area contributed by atoms with Crippen molar-refractivity contribution in [3.63, 3.8) is 0 Å². The van der Waals surface area contributed by atoms with E-state index >= 15 is 0 Å². The minimum Gasteiger partial charge on any atom is -0.444 e. The van der Waals surface area contributed by atoms with E-state index in [0.717, 1.165) is 21.8 Å². The SMILES string of the molecule is Cc1cnc(C(C)Nc2ncnc3sc(C)c(C)c23)o1. The molecule has 0 amide bonds. The molecule has 3 heterocycles. The highest BCUT2D eigenvalue weighted by Crippen LogP contribution is 2.33. The van der Waals surface area contributed by atoms with Gasteiger partial charge in [0.1, 0.15) is 28.8 Å². The van der Waals surface area contributed by atoms with E-state index in [1.54, 1.807) is 23.9 Å². The number of nitrogens with zero attached hydrogens (tertiary/aromatic N) is 3. The molecule has 1 unspecified atom stereocenters. The van der Waals surface area contributed by atoms with Gasteiger partial charge in [-0.15, -0.1) is 11.3 Å². The van der Waals surface area contributed by atoms with Gasteiger partial charge in [-0.05, 0) is 33.3 Å². The topological polar surface area (TPSA) is 63.8 Å². The molecule has 1 atom stereocenters. The van der Waals surface area contributed by atoms with Crippen LogP contribution in [-0.2, 0) is 0 Å². The zero-order valence-corrected chi connectivity index (χ0v) is 12.7. The van der Waals surface area contributed by atoms with Gasteiger partial charge in [0.25, 0.3) is 0 Å². The number of thiophene rings is 1. The molecule has 0 bridgehead atoms. The molecule has 1 N–H and O–H groups in total. The van der Waals surface area contributed by atoms with Crippen LogP contribution in [0.5, 0.6) is 0 Å². The first kappa shape index (κ1) is 13.1. The van der Waals surface area contributed by atoms with E-state index in [9.17, 15) is 0 Å². The van der Waals surface area contributed by atoms with Gasteiger partial charge in [-0.2, -0.15) is 0 Å². The Kier molecular flexibility index (Phi) is 3.17. The molecule has 0 aromatic carbocycles. The van der Waals surface area contributed by atoms with Gasteiger partial charge in [0.05, 0.1) is 11.6 Å². The number of nitrogens with one attached hydrogen (secondary N) is 1. The van der Waals surface area contributed by atoms with Gasteiger partial charge in [-0.3, -0.25) is 0 Å². The average Bonchev–Trinajstić information content (AvgIpc) is 2.96. The Morgan fingerprint density at radius 3 is 2.70 bits per heavy atom. The molecule has 6 heteroatoms. The quantitative estimate of drug-likeness (QED) is 0.794. The van der Waals surface area contributed by atoms with E-state index in [4.69, 9.17) is 4.42 Å². The summed E-state index contributed by atoms with van der Waals surface area (Å²) in [7, 11) is 0. The van der Waals surface area contributed by atoms with Crippen molar-refractivity contribution < 1.29 is 4.42 Å². The maximum Gasteiger partial charge on any atom is 0.216 e. The molecule has 0 aliphatic heterocycles. The Morgan fingerprint density at radius 1 is 1.20 bits per heavy atom. The van der Waals surface area contributed by atoms with Crippen molar-refractivity contribution in [2.75, 3.05) is 5.32 Å². The molecule has 5 nitrogen and oxygen atoms in total. The molecule has 0 saturated heterocycles. The number of fused-ring (bicyclic) bond motifs is 1. The first-order valence-electron chi connectivity index (χ1n) is 6.46. The lowest BCUT2D eigenvalue weighted by molar-refractivity contribution is 0.453. The number of anilines is 1. The molecule has 3 rings (SSSR count). The molecule has 3 aromatic heterocycles. The second-order valence-electron chi connectivity index (χ2n) is 4.86. The highest BCUT2D eigenvalue weighted by atomic mass is 32.1. The van der Waals surface area contributed by atoms with Gasteiger partial charge >= 0.3 is 0 Å². The van der Waals surface area contributed by atoms with Crippen LogP contribution in [0, 0.1) is 20.8 Å². The summed E-state index contributed by atoms with van der Waals surface area (Å²) in [5, 5.41) is 4.46. The van der Waals surface area contributed by atoms with E-state index in [2.05, 4.69) is 34.1 Å². The summed E-state index contributed by atoms with van der Waals surface area (Å²) >= 11 is 1.69. The number of rotatable bonds is 3. The van der Waals surface area contributed by atoms with E-state index in [-0.39, 0.29) is 6.04 Å². The minimum atomic E-state index is -0.0404. The van der Waals surface area contributed by atoms with Crippen molar-refractivity contribution in [3.05, 3.63) is 34.6 Å². The van der Waals surface area contributed by atoms with Crippen molar-refractivity contribution in [2.24, 2.45) is 0 Å². The summed E-state index contributed by atoms with van der Waals surface area (Å²) in [6, 6.07) is -0.0404. The van der Waals surface area contributed by atoms with Crippen LogP contribution in [0.15, 0.2) is 16.9 Å². The van der Waals surface area contributed by atoms with Crippen LogP contribution in [0.3, 0.4) is 0 Å². The molecule has 0 radical (unpaired) electrons. The zero-order chi connectivity index (χ0) is 14.3. The van der Waals surface area contributed by atoms with Crippen molar-refractivity contribution in [1.82, 2.24) is 15.0 Å². The molecule has 20 heavy (non-hydrogen) atoms. The number of hydrogen-bond donors (Lipinski definition) is 1. The third kappa shape index (κ3) is 2.16. The Hall–Kier alpha value is -1.95. The number of hydrogen-bond acceptors (Lipinski definition) is 6. The third-order valence-corrected chi connectivity index (χ3v) is 4.44. The summed E-state index contributed by atoms with van der Waals surface area (Å²) < 4.78 is 5.55. The molecule has 0 aliphatic carbocycles. The molecule has 104 valence electrons. The predicted molar refractivity (Wildman–Crippen MR) is 80.2 cm³/mol. The molecular weight excluding hydrogens is 272 g/mol. The fourth-order valence-electron chi connectivity index (χ4n) is 2.13. The first-order chi connectivity index (χ1) is 9.56. The Balaban J connectivity index is 1.98. The largest absolute Gasteiger partial charge is 0.444 e. The van der Waals surface area contributed by atoms with E-state index in [1.807, 2.05) is 13.8 Å². The van der Waals surface area contributed by atoms with Gasteiger partial charge < -0.3 is 9.73 Å². The van der Waals surface area contributed by atoms with Crippen LogP contribution < -0.4 is 5.32 Å². The lowest BCUT2D eigenvalue weighted by Gasteiger charge is -2.12. The molecule has 0 spiro atoms. The minimum absolute atomic E-state index is 0.0404. The summed E-state index contributed by atoms with van der Waals surface area (Å²) in [6.07, 6.45) is 3.32. The van der Waals surface area contributed by atoms with E-state index < -0.39 is 0 Å². The number of aromatic nitrogens is 3. The van der Waals surface area contributed by atoms with Gasteiger partial charge in [-0.25, -0.2) is 15.0 Å². The van der Waals surface area contributed by atoms with Crippen molar-refractivity contribution in [3.8, 4) is 0 Å².